The lowest BCUT2D eigenvalue weighted by molar-refractivity contribution is 0.660. The molecule has 57 heavy (non-hydrogen) atoms. The second-order valence-electron chi connectivity index (χ2n) is 15.8. The highest BCUT2D eigenvalue weighted by Crippen LogP contribution is 2.50. The summed E-state index contributed by atoms with van der Waals surface area (Å²) < 4.78 is 6.24. The van der Waals surface area contributed by atoms with Crippen molar-refractivity contribution in [1.82, 2.24) is 0 Å². The molecule has 2 heteroatoms. The number of benzene rings is 9. The Labute approximate surface area is 332 Å². The Balaban J connectivity index is 0.969. The van der Waals surface area contributed by atoms with Gasteiger partial charge in [0, 0.05) is 33.2 Å². The van der Waals surface area contributed by atoms with Crippen LogP contribution in [0, 0.1) is 0 Å². The lowest BCUT2D eigenvalue weighted by atomic mass is 9.81. The molecule has 0 aliphatic heterocycles. The molecule has 11 rings (SSSR count). The summed E-state index contributed by atoms with van der Waals surface area (Å²) in [5, 5.41) is 4.73. The second kappa shape index (κ2) is 13.0. The number of hydrogen-bond acceptors (Lipinski definition) is 2. The summed E-state index contributed by atoms with van der Waals surface area (Å²) >= 11 is 0. The van der Waals surface area contributed by atoms with Crippen molar-refractivity contribution in [2.75, 3.05) is 4.90 Å². The molecule has 0 amide bonds. The molecule has 2 nitrogen and oxygen atoms in total. The van der Waals surface area contributed by atoms with Crippen LogP contribution in [-0.2, 0) is 5.41 Å². The Hall–Kier alpha value is -7.16. The minimum Gasteiger partial charge on any atom is -0.456 e. The van der Waals surface area contributed by atoms with Crippen LogP contribution in [-0.4, -0.2) is 0 Å². The van der Waals surface area contributed by atoms with E-state index < -0.39 is 0 Å². The standard InChI is InChI=1S/C55H39NO/c1-55(2)51-16-7-5-14-47(51)48-30-24-43(34-52(48)55)38-22-27-45(28-23-38)56(46-29-31-54-50(35-46)49-15-6-8-17-53(49)57-54)44-25-20-37(21-26-44)40-12-9-13-41(32-40)42-19-18-36-10-3-4-11-39(36)33-42/h3-35H,1-2H3. The number of furan rings is 1. The van der Waals surface area contributed by atoms with E-state index in [2.05, 4.69) is 207 Å². The number of anilines is 3. The molecule has 1 aromatic heterocycles. The van der Waals surface area contributed by atoms with Crippen molar-refractivity contribution in [3.63, 3.8) is 0 Å². The van der Waals surface area contributed by atoms with E-state index in [9.17, 15) is 0 Å². The highest BCUT2D eigenvalue weighted by Gasteiger charge is 2.35. The van der Waals surface area contributed by atoms with Gasteiger partial charge in [-0.15, -0.1) is 0 Å². The maximum absolute atomic E-state index is 6.24. The summed E-state index contributed by atoms with van der Waals surface area (Å²) in [6.07, 6.45) is 0. The fourth-order valence-corrected chi connectivity index (χ4v) is 9.04. The van der Waals surface area contributed by atoms with E-state index in [1.54, 1.807) is 0 Å². The molecular formula is C55H39NO. The van der Waals surface area contributed by atoms with Crippen molar-refractivity contribution in [3.05, 3.63) is 211 Å². The lowest BCUT2D eigenvalue weighted by Crippen LogP contribution is -2.14. The average molecular weight is 730 g/mol. The van der Waals surface area contributed by atoms with E-state index in [0.717, 1.165) is 39.0 Å². The third kappa shape index (κ3) is 5.56. The van der Waals surface area contributed by atoms with Crippen LogP contribution in [0.5, 0.6) is 0 Å². The van der Waals surface area contributed by atoms with Gasteiger partial charge in [0.05, 0.1) is 0 Å². The molecule has 0 unspecified atom stereocenters. The maximum Gasteiger partial charge on any atom is 0.135 e. The van der Waals surface area contributed by atoms with Gasteiger partial charge in [0.15, 0.2) is 0 Å². The van der Waals surface area contributed by atoms with Gasteiger partial charge in [0.25, 0.3) is 0 Å². The van der Waals surface area contributed by atoms with Gasteiger partial charge in [-0.05, 0) is 133 Å². The first-order valence-corrected chi connectivity index (χ1v) is 19.7. The van der Waals surface area contributed by atoms with Crippen LogP contribution in [0.25, 0.3) is 77.2 Å². The molecule has 0 saturated heterocycles. The SMILES string of the molecule is CC1(C)c2ccccc2-c2ccc(-c3ccc(N(c4ccc(-c5cccc(-c6ccc7ccccc7c6)c5)cc4)c4ccc5oc6ccccc6c5c4)cc3)cc21. The summed E-state index contributed by atoms with van der Waals surface area (Å²) in [6, 6.07) is 72.7. The molecular weight excluding hydrogens is 691 g/mol. The summed E-state index contributed by atoms with van der Waals surface area (Å²) in [6.45, 7) is 4.69. The summed E-state index contributed by atoms with van der Waals surface area (Å²) in [5.41, 5.74) is 17.7. The van der Waals surface area contributed by atoms with E-state index in [1.165, 1.54) is 66.4 Å². The van der Waals surface area contributed by atoms with Crippen LogP contribution in [0.15, 0.2) is 205 Å². The quantitative estimate of drug-likeness (QED) is 0.169. The molecule has 270 valence electrons. The molecule has 1 heterocycles. The van der Waals surface area contributed by atoms with Crippen molar-refractivity contribution in [3.8, 4) is 44.5 Å². The van der Waals surface area contributed by atoms with Crippen LogP contribution in [0.4, 0.5) is 17.1 Å². The molecule has 1 aliphatic rings. The molecule has 0 atom stereocenters. The number of nitrogens with zero attached hydrogens (tertiary/aromatic N) is 1. The first-order valence-electron chi connectivity index (χ1n) is 19.7. The van der Waals surface area contributed by atoms with E-state index in [-0.39, 0.29) is 5.41 Å². The molecule has 0 N–H and O–H groups in total. The summed E-state index contributed by atoms with van der Waals surface area (Å²) in [5.74, 6) is 0. The predicted octanol–water partition coefficient (Wildman–Crippen LogP) is 15.5. The van der Waals surface area contributed by atoms with Gasteiger partial charge in [-0.1, -0.05) is 147 Å². The molecule has 9 aromatic carbocycles. The highest BCUT2D eigenvalue weighted by molar-refractivity contribution is 6.06. The Morgan fingerprint density at radius 2 is 0.912 bits per heavy atom. The smallest absolute Gasteiger partial charge is 0.135 e. The Morgan fingerprint density at radius 3 is 1.70 bits per heavy atom. The maximum atomic E-state index is 6.24. The van der Waals surface area contributed by atoms with Crippen molar-refractivity contribution in [2.24, 2.45) is 0 Å². The predicted molar refractivity (Wildman–Crippen MR) is 240 cm³/mol. The first kappa shape index (κ1) is 33.2. The second-order valence-corrected chi connectivity index (χ2v) is 15.8. The third-order valence-corrected chi connectivity index (χ3v) is 12.1. The number of fused-ring (bicyclic) bond motifs is 7. The fraction of sp³-hybridized carbons (Fsp3) is 0.0545. The van der Waals surface area contributed by atoms with E-state index in [1.807, 2.05) is 12.1 Å². The van der Waals surface area contributed by atoms with E-state index in [0.29, 0.717) is 0 Å². The van der Waals surface area contributed by atoms with Gasteiger partial charge < -0.3 is 9.32 Å². The normalized spacial score (nSPS) is 12.9. The molecule has 0 bridgehead atoms. The van der Waals surface area contributed by atoms with Gasteiger partial charge >= 0.3 is 0 Å². The van der Waals surface area contributed by atoms with Crippen LogP contribution >= 0.6 is 0 Å². The molecule has 0 spiro atoms. The van der Waals surface area contributed by atoms with Crippen molar-refractivity contribution >= 4 is 49.8 Å². The fourth-order valence-electron chi connectivity index (χ4n) is 9.04. The van der Waals surface area contributed by atoms with Gasteiger partial charge in [-0.2, -0.15) is 0 Å². The van der Waals surface area contributed by atoms with Crippen LogP contribution in [0.2, 0.25) is 0 Å². The molecule has 10 aromatic rings. The molecule has 0 radical (unpaired) electrons. The molecule has 0 saturated carbocycles. The summed E-state index contributed by atoms with van der Waals surface area (Å²) in [4.78, 5) is 2.35. The summed E-state index contributed by atoms with van der Waals surface area (Å²) in [7, 11) is 0. The van der Waals surface area contributed by atoms with Gasteiger partial charge in [-0.3, -0.25) is 0 Å². The topological polar surface area (TPSA) is 16.4 Å². The zero-order chi connectivity index (χ0) is 38.1. The zero-order valence-corrected chi connectivity index (χ0v) is 31.9. The first-order chi connectivity index (χ1) is 28.0. The molecule has 0 fully saturated rings. The van der Waals surface area contributed by atoms with Crippen molar-refractivity contribution in [1.29, 1.82) is 0 Å². The van der Waals surface area contributed by atoms with Crippen LogP contribution in [0.1, 0.15) is 25.0 Å². The Bertz CT molecular complexity index is 3150. The highest BCUT2D eigenvalue weighted by atomic mass is 16.3. The van der Waals surface area contributed by atoms with Crippen LogP contribution < -0.4 is 4.90 Å². The minimum atomic E-state index is -0.0432. The van der Waals surface area contributed by atoms with Gasteiger partial charge in [-0.25, -0.2) is 0 Å². The van der Waals surface area contributed by atoms with E-state index >= 15 is 0 Å². The lowest BCUT2D eigenvalue weighted by Gasteiger charge is -2.26. The number of hydrogen-bond donors (Lipinski definition) is 0. The molecule has 1 aliphatic carbocycles. The monoisotopic (exact) mass is 729 g/mol. The largest absolute Gasteiger partial charge is 0.456 e. The number of rotatable bonds is 6. The average Bonchev–Trinajstić information content (AvgIpc) is 3.75. The Morgan fingerprint density at radius 1 is 0.351 bits per heavy atom. The van der Waals surface area contributed by atoms with Crippen molar-refractivity contribution < 1.29 is 4.42 Å². The van der Waals surface area contributed by atoms with Gasteiger partial charge in [0.1, 0.15) is 11.2 Å². The Kier molecular flexibility index (Phi) is 7.55. The number of para-hydroxylation sites is 1. The zero-order valence-electron chi connectivity index (χ0n) is 31.9. The van der Waals surface area contributed by atoms with Crippen LogP contribution in [0.3, 0.4) is 0 Å². The van der Waals surface area contributed by atoms with Crippen molar-refractivity contribution in [2.45, 2.75) is 19.3 Å². The van der Waals surface area contributed by atoms with E-state index in [4.69, 9.17) is 4.42 Å². The third-order valence-electron chi connectivity index (χ3n) is 12.1. The minimum absolute atomic E-state index is 0.0432. The van der Waals surface area contributed by atoms with Gasteiger partial charge in [0.2, 0.25) is 0 Å².